The van der Waals surface area contributed by atoms with Crippen molar-refractivity contribution in [2.75, 3.05) is 6.54 Å². The fraction of sp³-hybridized carbons (Fsp3) is 0.160. The predicted octanol–water partition coefficient (Wildman–Crippen LogP) is 3.60. The summed E-state index contributed by atoms with van der Waals surface area (Å²) in [5, 5.41) is 22.8. The van der Waals surface area contributed by atoms with Gasteiger partial charge in [0, 0.05) is 24.2 Å². The van der Waals surface area contributed by atoms with Crippen molar-refractivity contribution in [3.05, 3.63) is 103 Å². The quantitative estimate of drug-likeness (QED) is 0.235. The summed E-state index contributed by atoms with van der Waals surface area (Å²) in [4.78, 5) is 40.8. The van der Waals surface area contributed by atoms with Crippen molar-refractivity contribution in [3.63, 3.8) is 0 Å². The number of aromatic nitrogens is 5. The molecule has 1 N–H and O–H groups in total. The second-order valence-electron chi connectivity index (χ2n) is 8.41. The van der Waals surface area contributed by atoms with Gasteiger partial charge in [0.1, 0.15) is 28.7 Å². The number of nitro benzene ring substituents is 1. The third-order valence-corrected chi connectivity index (χ3v) is 6.25. The number of nitro groups is 1. The molecule has 0 spiro atoms. The number of nitrogens with one attached hydrogen (secondary N) is 1. The maximum absolute atomic E-state index is 13.0. The van der Waals surface area contributed by atoms with Gasteiger partial charge in [0.15, 0.2) is 5.65 Å². The zero-order chi connectivity index (χ0) is 26.8. The number of halogens is 1. The molecule has 12 nitrogen and oxygen atoms in total. The molecule has 192 valence electrons. The van der Waals surface area contributed by atoms with E-state index in [1.807, 2.05) is 0 Å². The molecule has 13 heteroatoms. The van der Waals surface area contributed by atoms with Gasteiger partial charge >= 0.3 is 0 Å². The Morgan fingerprint density at radius 2 is 2.03 bits per heavy atom. The Bertz CT molecular complexity index is 1740. The smallest absolute Gasteiger partial charge is 0.269 e. The predicted molar refractivity (Wildman–Crippen MR) is 138 cm³/mol. The Kier molecular flexibility index (Phi) is 6.71. The van der Waals surface area contributed by atoms with Crippen LogP contribution in [-0.4, -0.2) is 41.9 Å². The molecule has 0 aliphatic heterocycles. The maximum Gasteiger partial charge on any atom is 0.269 e. The number of rotatable bonds is 8. The third-order valence-electron chi connectivity index (χ3n) is 5.92. The third kappa shape index (κ3) is 4.76. The van der Waals surface area contributed by atoms with Crippen LogP contribution in [0.1, 0.15) is 21.7 Å². The van der Waals surface area contributed by atoms with Crippen LogP contribution in [-0.2, 0) is 13.1 Å². The molecule has 0 fully saturated rings. The van der Waals surface area contributed by atoms with Crippen LogP contribution in [0.25, 0.3) is 22.3 Å². The fourth-order valence-corrected chi connectivity index (χ4v) is 4.30. The lowest BCUT2D eigenvalue weighted by Gasteiger charge is -2.08. The van der Waals surface area contributed by atoms with E-state index >= 15 is 0 Å². The second-order valence-corrected chi connectivity index (χ2v) is 8.81. The standard InChI is InChI=1S/C25H20ClN7O5/c1-15-21(22(30-38-15)18-7-2-3-8-20(18)26)24(34)27-9-10-32-23-19(12-29-32)25(35)31(14-28-23)13-16-5-4-6-17(11-16)33(36)37/h2-8,11-12,14H,9-10,13H2,1H3,(H,27,34). The van der Waals surface area contributed by atoms with Gasteiger partial charge in [-0.2, -0.15) is 5.10 Å². The molecule has 3 aromatic heterocycles. The van der Waals surface area contributed by atoms with E-state index in [9.17, 15) is 19.7 Å². The lowest BCUT2D eigenvalue weighted by atomic mass is 10.1. The van der Waals surface area contributed by atoms with Crippen LogP contribution in [0.2, 0.25) is 5.02 Å². The van der Waals surface area contributed by atoms with Crippen LogP contribution < -0.4 is 10.9 Å². The highest BCUT2D eigenvalue weighted by Crippen LogP contribution is 2.30. The van der Waals surface area contributed by atoms with Gasteiger partial charge in [0.2, 0.25) is 0 Å². The zero-order valence-corrected chi connectivity index (χ0v) is 20.8. The normalized spacial score (nSPS) is 11.1. The van der Waals surface area contributed by atoms with E-state index in [-0.39, 0.29) is 42.4 Å². The summed E-state index contributed by atoms with van der Waals surface area (Å²) in [6.07, 6.45) is 2.78. The Labute approximate surface area is 219 Å². The molecular weight excluding hydrogens is 514 g/mol. The number of nitrogens with zero attached hydrogens (tertiary/aromatic N) is 6. The average molecular weight is 534 g/mol. The minimum Gasteiger partial charge on any atom is -0.360 e. The summed E-state index contributed by atoms with van der Waals surface area (Å²) in [5.41, 5.74) is 1.78. The van der Waals surface area contributed by atoms with Crippen LogP contribution in [0.4, 0.5) is 5.69 Å². The largest absolute Gasteiger partial charge is 0.360 e. The van der Waals surface area contributed by atoms with Gasteiger partial charge in [0.05, 0.1) is 29.2 Å². The molecule has 2 aromatic carbocycles. The van der Waals surface area contributed by atoms with Gasteiger partial charge in [0.25, 0.3) is 17.2 Å². The van der Waals surface area contributed by atoms with E-state index in [2.05, 4.69) is 20.6 Å². The first kappa shape index (κ1) is 24.8. The molecule has 5 rings (SSSR count). The Hall–Kier alpha value is -4.84. The molecule has 0 saturated carbocycles. The molecule has 3 heterocycles. The number of non-ortho nitro benzene ring substituents is 1. The van der Waals surface area contributed by atoms with E-state index < -0.39 is 4.92 Å². The van der Waals surface area contributed by atoms with Crippen molar-refractivity contribution in [1.82, 2.24) is 29.8 Å². The minimum absolute atomic E-state index is 0.0557. The van der Waals surface area contributed by atoms with Crippen molar-refractivity contribution in [3.8, 4) is 11.3 Å². The molecular formula is C25H20ClN7O5. The summed E-state index contributed by atoms with van der Waals surface area (Å²) < 4.78 is 8.13. The van der Waals surface area contributed by atoms with E-state index in [0.717, 1.165) is 0 Å². The molecule has 0 radical (unpaired) electrons. The van der Waals surface area contributed by atoms with Crippen LogP contribution in [0.15, 0.2) is 70.4 Å². The summed E-state index contributed by atoms with van der Waals surface area (Å²) >= 11 is 6.27. The van der Waals surface area contributed by atoms with Crippen molar-refractivity contribution in [2.24, 2.45) is 0 Å². The first-order valence-corrected chi connectivity index (χ1v) is 11.8. The number of benzene rings is 2. The van der Waals surface area contributed by atoms with Gasteiger partial charge in [-0.1, -0.05) is 47.1 Å². The van der Waals surface area contributed by atoms with Gasteiger partial charge < -0.3 is 9.84 Å². The highest BCUT2D eigenvalue weighted by Gasteiger charge is 2.23. The maximum atomic E-state index is 13.0. The number of fused-ring (bicyclic) bond motifs is 1. The first-order valence-electron chi connectivity index (χ1n) is 11.5. The Morgan fingerprint density at radius 3 is 2.82 bits per heavy atom. The Balaban J connectivity index is 1.30. The summed E-state index contributed by atoms with van der Waals surface area (Å²) in [6, 6.07) is 13.1. The van der Waals surface area contributed by atoms with Crippen LogP contribution in [0, 0.1) is 17.0 Å². The minimum atomic E-state index is -0.488. The molecule has 38 heavy (non-hydrogen) atoms. The molecule has 0 bridgehead atoms. The number of amides is 1. The van der Waals surface area contributed by atoms with Gasteiger partial charge in [-0.25, -0.2) is 9.67 Å². The van der Waals surface area contributed by atoms with Gasteiger partial charge in [-0.3, -0.25) is 24.3 Å². The molecule has 0 unspecified atom stereocenters. The van der Waals surface area contributed by atoms with E-state index in [1.165, 1.54) is 33.9 Å². The highest BCUT2D eigenvalue weighted by atomic mass is 35.5. The molecule has 0 atom stereocenters. The van der Waals surface area contributed by atoms with Crippen molar-refractivity contribution < 1.29 is 14.2 Å². The number of hydrogen-bond donors (Lipinski definition) is 1. The van der Waals surface area contributed by atoms with E-state index in [4.69, 9.17) is 16.1 Å². The second kappa shape index (κ2) is 10.3. The lowest BCUT2D eigenvalue weighted by molar-refractivity contribution is -0.384. The van der Waals surface area contributed by atoms with Gasteiger partial charge in [-0.15, -0.1) is 0 Å². The molecule has 0 aliphatic carbocycles. The molecule has 1 amide bonds. The lowest BCUT2D eigenvalue weighted by Crippen LogP contribution is -2.28. The summed E-state index contributed by atoms with van der Waals surface area (Å²) in [6.45, 7) is 2.21. The van der Waals surface area contributed by atoms with Crippen LogP contribution in [0.3, 0.4) is 0 Å². The van der Waals surface area contributed by atoms with Crippen molar-refractivity contribution in [2.45, 2.75) is 20.0 Å². The fourth-order valence-electron chi connectivity index (χ4n) is 4.08. The monoisotopic (exact) mass is 533 g/mol. The van der Waals surface area contributed by atoms with Crippen LogP contribution >= 0.6 is 11.6 Å². The number of carbonyl (C=O) groups is 1. The summed E-state index contributed by atoms with van der Waals surface area (Å²) in [5.74, 6) is -0.0321. The first-order chi connectivity index (χ1) is 18.3. The topological polar surface area (TPSA) is 151 Å². The number of aryl methyl sites for hydroxylation is 1. The number of carbonyl (C=O) groups excluding carboxylic acids is 1. The van der Waals surface area contributed by atoms with Crippen molar-refractivity contribution >= 4 is 34.2 Å². The summed E-state index contributed by atoms with van der Waals surface area (Å²) in [7, 11) is 0. The van der Waals surface area contributed by atoms with E-state index in [1.54, 1.807) is 43.3 Å². The highest BCUT2D eigenvalue weighted by molar-refractivity contribution is 6.33. The average Bonchev–Trinajstić information content (AvgIpc) is 3.50. The van der Waals surface area contributed by atoms with E-state index in [0.29, 0.717) is 38.6 Å². The molecule has 0 saturated heterocycles. The molecule has 5 aromatic rings. The number of hydrogen-bond acceptors (Lipinski definition) is 8. The zero-order valence-electron chi connectivity index (χ0n) is 20.0. The van der Waals surface area contributed by atoms with Crippen LogP contribution in [0.5, 0.6) is 0 Å². The molecule has 0 aliphatic rings. The SMILES string of the molecule is Cc1onc(-c2ccccc2Cl)c1C(=O)NCCn1ncc2c(=O)n(Cc3cccc([N+](=O)[O-])c3)cnc21. The van der Waals surface area contributed by atoms with Crippen molar-refractivity contribution in [1.29, 1.82) is 0 Å². The van der Waals surface area contributed by atoms with Gasteiger partial charge in [-0.05, 0) is 18.6 Å². The Morgan fingerprint density at radius 1 is 1.21 bits per heavy atom.